The highest BCUT2D eigenvalue weighted by Gasteiger charge is 2.13. The van der Waals surface area contributed by atoms with Crippen molar-refractivity contribution in [2.24, 2.45) is 0 Å². The average molecular weight is 310 g/mol. The number of anilines is 1. The minimum absolute atomic E-state index is 0.0984. The number of aromatic amines is 1. The van der Waals surface area contributed by atoms with Crippen molar-refractivity contribution in [3.8, 4) is 17.0 Å². The topological polar surface area (TPSA) is 106 Å². The lowest BCUT2D eigenvalue weighted by Gasteiger charge is -2.08. The zero-order valence-electron chi connectivity index (χ0n) is 12.6. The minimum Gasteiger partial charge on any atom is -0.497 e. The molecule has 116 valence electrons. The number of carbonyl (C=O) groups excluding carboxylic acids is 1. The molecular formula is C15H14N6O2. The van der Waals surface area contributed by atoms with Crippen LogP contribution in [0.1, 0.15) is 16.1 Å². The van der Waals surface area contributed by atoms with Crippen LogP contribution in [0.5, 0.6) is 5.75 Å². The van der Waals surface area contributed by atoms with Gasteiger partial charge in [-0.1, -0.05) is 17.2 Å². The zero-order chi connectivity index (χ0) is 16.2. The normalized spacial score (nSPS) is 10.3. The average Bonchev–Trinajstić information content (AvgIpc) is 3.07. The van der Waals surface area contributed by atoms with Crippen LogP contribution in [0, 0.1) is 6.92 Å². The van der Waals surface area contributed by atoms with Crippen LogP contribution in [0.25, 0.3) is 11.3 Å². The van der Waals surface area contributed by atoms with Crippen LogP contribution in [-0.2, 0) is 0 Å². The second-order valence-electron chi connectivity index (χ2n) is 4.84. The molecule has 0 aliphatic heterocycles. The van der Waals surface area contributed by atoms with Gasteiger partial charge in [-0.2, -0.15) is 5.21 Å². The van der Waals surface area contributed by atoms with Gasteiger partial charge in [-0.25, -0.2) is 4.98 Å². The van der Waals surface area contributed by atoms with Gasteiger partial charge in [0.25, 0.3) is 11.9 Å². The number of H-pyrrole nitrogens is 1. The van der Waals surface area contributed by atoms with E-state index in [-0.39, 0.29) is 11.6 Å². The zero-order valence-corrected chi connectivity index (χ0v) is 12.6. The number of amides is 1. The fourth-order valence-electron chi connectivity index (χ4n) is 2.09. The number of nitrogens with zero attached hydrogens (tertiary/aromatic N) is 4. The lowest BCUT2D eigenvalue weighted by atomic mass is 10.1. The van der Waals surface area contributed by atoms with Crippen LogP contribution < -0.4 is 10.1 Å². The Morgan fingerprint density at radius 2 is 2.13 bits per heavy atom. The first-order valence-electron chi connectivity index (χ1n) is 6.83. The van der Waals surface area contributed by atoms with E-state index in [0.717, 1.165) is 16.9 Å². The summed E-state index contributed by atoms with van der Waals surface area (Å²) in [5.74, 6) is 0.420. The number of carbonyl (C=O) groups is 1. The number of tetrazole rings is 1. The van der Waals surface area contributed by atoms with Crippen molar-refractivity contribution >= 4 is 11.9 Å². The Hall–Kier alpha value is -3.29. The van der Waals surface area contributed by atoms with E-state index in [0.29, 0.717) is 5.69 Å². The molecule has 0 atom stereocenters. The molecule has 0 aliphatic carbocycles. The fourth-order valence-corrected chi connectivity index (χ4v) is 2.09. The lowest BCUT2D eigenvalue weighted by molar-refractivity contribution is 0.102. The quantitative estimate of drug-likeness (QED) is 0.761. The summed E-state index contributed by atoms with van der Waals surface area (Å²) < 4.78 is 5.22. The van der Waals surface area contributed by atoms with Crippen LogP contribution >= 0.6 is 0 Å². The first-order valence-corrected chi connectivity index (χ1v) is 6.83. The van der Waals surface area contributed by atoms with Crippen LogP contribution in [0.15, 0.2) is 36.4 Å². The van der Waals surface area contributed by atoms with Crippen molar-refractivity contribution in [2.45, 2.75) is 6.92 Å². The molecule has 8 nitrogen and oxygen atoms in total. The van der Waals surface area contributed by atoms with Gasteiger partial charge in [-0.15, -0.1) is 5.10 Å². The van der Waals surface area contributed by atoms with Gasteiger partial charge in [0.15, 0.2) is 0 Å². The standard InChI is InChI=1S/C15H14N6O2/c1-9-6-12(10-4-3-5-11(8-10)23-2)16-13(7-9)14(22)17-15-18-20-21-19-15/h3-8H,1-2H3,(H2,17,18,19,20,21,22). The molecule has 0 saturated heterocycles. The molecule has 0 unspecified atom stereocenters. The number of hydrogen-bond donors (Lipinski definition) is 2. The molecule has 3 aromatic rings. The smallest absolute Gasteiger partial charge is 0.276 e. The van der Waals surface area contributed by atoms with Crippen LogP contribution in [-0.4, -0.2) is 38.6 Å². The highest BCUT2D eigenvalue weighted by atomic mass is 16.5. The van der Waals surface area contributed by atoms with Gasteiger partial charge in [0.2, 0.25) is 0 Å². The maximum Gasteiger partial charge on any atom is 0.276 e. The Morgan fingerprint density at radius 1 is 1.26 bits per heavy atom. The lowest BCUT2D eigenvalue weighted by Crippen LogP contribution is -2.15. The van der Waals surface area contributed by atoms with Crippen molar-refractivity contribution in [2.75, 3.05) is 12.4 Å². The van der Waals surface area contributed by atoms with E-state index in [1.54, 1.807) is 13.2 Å². The van der Waals surface area contributed by atoms with E-state index in [2.05, 4.69) is 30.9 Å². The molecule has 1 amide bonds. The number of ether oxygens (including phenoxy) is 1. The second kappa shape index (κ2) is 6.22. The molecule has 3 rings (SSSR count). The Kier molecular flexibility index (Phi) is 3.96. The van der Waals surface area contributed by atoms with Crippen molar-refractivity contribution in [1.82, 2.24) is 25.6 Å². The SMILES string of the molecule is COc1cccc(-c2cc(C)cc(C(=O)Nc3nn[nH]n3)n2)c1. The first kappa shape index (κ1) is 14.6. The van der Waals surface area contributed by atoms with Crippen molar-refractivity contribution in [3.05, 3.63) is 47.7 Å². The maximum atomic E-state index is 12.3. The number of aryl methyl sites for hydroxylation is 1. The molecule has 1 aromatic carbocycles. The van der Waals surface area contributed by atoms with E-state index in [4.69, 9.17) is 4.74 Å². The number of pyridine rings is 1. The van der Waals surface area contributed by atoms with Gasteiger partial charge in [0.1, 0.15) is 11.4 Å². The number of rotatable bonds is 4. The van der Waals surface area contributed by atoms with Crippen LogP contribution in [0.3, 0.4) is 0 Å². The van der Waals surface area contributed by atoms with Gasteiger partial charge in [-0.05, 0) is 42.0 Å². The third-order valence-electron chi connectivity index (χ3n) is 3.14. The highest BCUT2D eigenvalue weighted by Crippen LogP contribution is 2.23. The summed E-state index contributed by atoms with van der Waals surface area (Å²) >= 11 is 0. The Labute approximate surface area is 131 Å². The summed E-state index contributed by atoms with van der Waals surface area (Å²) in [4.78, 5) is 16.7. The summed E-state index contributed by atoms with van der Waals surface area (Å²) in [6.45, 7) is 1.90. The Morgan fingerprint density at radius 3 is 2.87 bits per heavy atom. The molecule has 0 saturated carbocycles. The van der Waals surface area contributed by atoms with E-state index in [1.165, 1.54) is 0 Å². The van der Waals surface area contributed by atoms with Gasteiger partial charge < -0.3 is 4.74 Å². The molecule has 2 N–H and O–H groups in total. The predicted octanol–water partition coefficient (Wildman–Crippen LogP) is 1.83. The van der Waals surface area contributed by atoms with Crippen LogP contribution in [0.2, 0.25) is 0 Å². The van der Waals surface area contributed by atoms with Gasteiger partial charge in [-0.3, -0.25) is 10.1 Å². The minimum atomic E-state index is -0.403. The molecule has 0 aliphatic rings. The van der Waals surface area contributed by atoms with E-state index in [9.17, 15) is 4.79 Å². The second-order valence-corrected chi connectivity index (χ2v) is 4.84. The third-order valence-corrected chi connectivity index (χ3v) is 3.14. The summed E-state index contributed by atoms with van der Waals surface area (Å²) in [5, 5.41) is 15.5. The number of methoxy groups -OCH3 is 1. The predicted molar refractivity (Wildman–Crippen MR) is 83.1 cm³/mol. The summed E-state index contributed by atoms with van der Waals surface area (Å²) in [5.41, 5.74) is 2.73. The van der Waals surface area contributed by atoms with E-state index < -0.39 is 5.91 Å². The molecule has 23 heavy (non-hydrogen) atoms. The molecular weight excluding hydrogens is 296 g/mol. The molecule has 0 bridgehead atoms. The monoisotopic (exact) mass is 310 g/mol. The fraction of sp³-hybridized carbons (Fsp3) is 0.133. The van der Waals surface area contributed by atoms with Crippen LogP contribution in [0.4, 0.5) is 5.95 Å². The number of hydrogen-bond acceptors (Lipinski definition) is 6. The highest BCUT2D eigenvalue weighted by molar-refractivity contribution is 6.02. The largest absolute Gasteiger partial charge is 0.497 e. The molecule has 8 heteroatoms. The molecule has 2 heterocycles. The Bertz CT molecular complexity index is 832. The molecule has 2 aromatic heterocycles. The van der Waals surface area contributed by atoms with Gasteiger partial charge in [0, 0.05) is 5.56 Å². The van der Waals surface area contributed by atoms with Crippen molar-refractivity contribution < 1.29 is 9.53 Å². The summed E-state index contributed by atoms with van der Waals surface area (Å²) in [6, 6.07) is 11.1. The number of nitrogens with one attached hydrogen (secondary N) is 2. The van der Waals surface area contributed by atoms with Gasteiger partial charge in [0.05, 0.1) is 12.8 Å². The number of aromatic nitrogens is 5. The molecule has 0 fully saturated rings. The number of benzene rings is 1. The Balaban J connectivity index is 1.93. The van der Waals surface area contributed by atoms with E-state index in [1.807, 2.05) is 37.3 Å². The first-order chi connectivity index (χ1) is 11.2. The van der Waals surface area contributed by atoms with Crippen molar-refractivity contribution in [3.63, 3.8) is 0 Å². The molecule has 0 spiro atoms. The third kappa shape index (κ3) is 3.31. The van der Waals surface area contributed by atoms with Gasteiger partial charge >= 0.3 is 0 Å². The molecule has 0 radical (unpaired) electrons. The summed E-state index contributed by atoms with van der Waals surface area (Å²) in [6.07, 6.45) is 0. The van der Waals surface area contributed by atoms with Crippen molar-refractivity contribution in [1.29, 1.82) is 0 Å². The van der Waals surface area contributed by atoms with E-state index >= 15 is 0 Å². The summed E-state index contributed by atoms with van der Waals surface area (Å²) in [7, 11) is 1.60. The maximum absolute atomic E-state index is 12.3.